The molecule has 0 aliphatic rings. The molecule has 0 saturated heterocycles. The number of nitrogens with zero attached hydrogens (tertiary/aromatic N) is 4. The minimum absolute atomic E-state index is 0.00267. The van der Waals surface area contributed by atoms with Crippen LogP contribution in [0, 0.1) is 0 Å². The molecule has 2 amide bonds. The van der Waals surface area contributed by atoms with Crippen LogP contribution in [-0.4, -0.2) is 31.8 Å². The number of carbonyl (C=O) groups excluding carboxylic acids is 1. The first-order valence-electron chi connectivity index (χ1n) is 5.03. The van der Waals surface area contributed by atoms with Crippen LogP contribution in [-0.2, 0) is 6.54 Å². The Labute approximate surface area is 102 Å². The molecule has 0 radical (unpaired) electrons. The van der Waals surface area contributed by atoms with Gasteiger partial charge in [-0.1, -0.05) is 11.3 Å². The van der Waals surface area contributed by atoms with Gasteiger partial charge in [-0.05, 0) is 6.92 Å². The van der Waals surface area contributed by atoms with Crippen molar-refractivity contribution in [1.82, 2.24) is 25.1 Å². The van der Waals surface area contributed by atoms with E-state index >= 15 is 0 Å². The highest BCUT2D eigenvalue weighted by molar-refractivity contribution is 7.13. The van der Waals surface area contributed by atoms with E-state index in [1.165, 1.54) is 11.3 Å². The minimum Gasteiger partial charge on any atom is -0.335 e. The third-order valence-electron chi connectivity index (χ3n) is 2.00. The zero-order valence-electron chi connectivity index (χ0n) is 9.20. The van der Waals surface area contributed by atoms with E-state index in [-0.39, 0.29) is 12.1 Å². The van der Waals surface area contributed by atoms with Gasteiger partial charge in [-0.2, -0.15) is 0 Å². The average molecular weight is 252 g/mol. The number of amides is 2. The Balaban J connectivity index is 1.78. The zero-order chi connectivity index (χ0) is 12.1. The number of hydrogen-bond donors (Lipinski definition) is 2. The average Bonchev–Trinajstić information content (AvgIpc) is 2.90. The van der Waals surface area contributed by atoms with Crippen LogP contribution in [0.15, 0.2) is 24.2 Å². The summed E-state index contributed by atoms with van der Waals surface area (Å²) in [7, 11) is 0. The summed E-state index contributed by atoms with van der Waals surface area (Å²) in [4.78, 5) is 15.5. The number of anilines is 1. The van der Waals surface area contributed by atoms with Crippen molar-refractivity contribution in [1.29, 1.82) is 0 Å². The van der Waals surface area contributed by atoms with Gasteiger partial charge < -0.3 is 9.88 Å². The monoisotopic (exact) mass is 252 g/mol. The van der Waals surface area contributed by atoms with Crippen molar-refractivity contribution in [3.05, 3.63) is 24.2 Å². The van der Waals surface area contributed by atoms with Crippen molar-refractivity contribution in [3.63, 3.8) is 0 Å². The molecule has 0 spiro atoms. The van der Waals surface area contributed by atoms with E-state index in [1.807, 2.05) is 17.7 Å². The summed E-state index contributed by atoms with van der Waals surface area (Å²) in [6.45, 7) is 2.59. The predicted octanol–water partition coefficient (Wildman–Crippen LogP) is 0.945. The molecule has 17 heavy (non-hydrogen) atoms. The number of aromatic nitrogens is 4. The van der Waals surface area contributed by atoms with E-state index in [2.05, 4.69) is 25.8 Å². The van der Waals surface area contributed by atoms with Crippen LogP contribution in [0.4, 0.5) is 9.93 Å². The maximum absolute atomic E-state index is 11.5. The molecule has 2 aromatic heterocycles. The first-order chi connectivity index (χ1) is 8.24. The summed E-state index contributed by atoms with van der Waals surface area (Å²) < 4.78 is 1.90. The fourth-order valence-electron chi connectivity index (χ4n) is 1.34. The Morgan fingerprint density at radius 3 is 3.18 bits per heavy atom. The maximum atomic E-state index is 11.5. The van der Waals surface area contributed by atoms with Crippen molar-refractivity contribution in [2.75, 3.05) is 5.32 Å². The molecule has 90 valence electrons. The van der Waals surface area contributed by atoms with E-state index in [1.54, 1.807) is 18.0 Å². The largest absolute Gasteiger partial charge is 0.335 e. The van der Waals surface area contributed by atoms with Gasteiger partial charge in [0.1, 0.15) is 5.51 Å². The third kappa shape index (κ3) is 3.52. The summed E-state index contributed by atoms with van der Waals surface area (Å²) in [5.41, 5.74) is 1.56. The molecular formula is C9H12N6OS. The molecule has 0 aliphatic carbocycles. The number of hydrogen-bond acceptors (Lipinski definition) is 5. The second kappa shape index (κ2) is 5.39. The fraction of sp³-hybridized carbons (Fsp3) is 0.333. The SMILES string of the molecule is C[C@@H](Cn1ccnc1)NC(=O)Nc1nncs1. The highest BCUT2D eigenvalue weighted by Crippen LogP contribution is 2.07. The smallest absolute Gasteiger partial charge is 0.321 e. The molecular weight excluding hydrogens is 240 g/mol. The lowest BCUT2D eigenvalue weighted by Crippen LogP contribution is -2.38. The van der Waals surface area contributed by atoms with Crippen molar-refractivity contribution in [3.8, 4) is 0 Å². The van der Waals surface area contributed by atoms with Gasteiger partial charge in [-0.25, -0.2) is 9.78 Å². The Morgan fingerprint density at radius 2 is 2.53 bits per heavy atom. The molecule has 2 aromatic rings. The summed E-state index contributed by atoms with van der Waals surface area (Å²) >= 11 is 1.27. The van der Waals surface area contributed by atoms with E-state index in [4.69, 9.17) is 0 Å². The van der Waals surface area contributed by atoms with E-state index in [0.717, 1.165) is 0 Å². The Morgan fingerprint density at radius 1 is 1.65 bits per heavy atom. The standard InChI is InChI=1S/C9H12N6OS/c1-7(4-15-3-2-10-5-15)12-8(16)13-9-14-11-6-17-9/h2-3,5-7H,4H2,1H3,(H2,12,13,14,16)/t7-/m0/s1. The van der Waals surface area contributed by atoms with Gasteiger partial charge in [0.15, 0.2) is 0 Å². The van der Waals surface area contributed by atoms with Crippen LogP contribution in [0.5, 0.6) is 0 Å². The topological polar surface area (TPSA) is 84.7 Å². The van der Waals surface area contributed by atoms with Gasteiger partial charge in [0, 0.05) is 25.0 Å². The van der Waals surface area contributed by atoms with Crippen LogP contribution >= 0.6 is 11.3 Å². The van der Waals surface area contributed by atoms with Gasteiger partial charge in [0.2, 0.25) is 5.13 Å². The van der Waals surface area contributed by atoms with Gasteiger partial charge >= 0.3 is 6.03 Å². The number of nitrogens with one attached hydrogen (secondary N) is 2. The van der Waals surface area contributed by atoms with Crippen molar-refractivity contribution >= 4 is 22.5 Å². The summed E-state index contributed by atoms with van der Waals surface area (Å²) in [5, 5.41) is 13.2. The lowest BCUT2D eigenvalue weighted by Gasteiger charge is -2.13. The molecule has 8 heteroatoms. The Kier molecular flexibility index (Phi) is 3.66. The van der Waals surface area contributed by atoms with Crippen molar-refractivity contribution in [2.24, 2.45) is 0 Å². The summed E-state index contributed by atoms with van der Waals surface area (Å²) in [5.74, 6) is 0. The molecule has 7 nitrogen and oxygen atoms in total. The molecule has 0 unspecified atom stereocenters. The first kappa shape index (κ1) is 11.5. The lowest BCUT2D eigenvalue weighted by atomic mass is 10.3. The molecule has 0 aromatic carbocycles. The van der Waals surface area contributed by atoms with Crippen LogP contribution in [0.25, 0.3) is 0 Å². The van der Waals surface area contributed by atoms with Gasteiger partial charge in [0.05, 0.1) is 6.33 Å². The van der Waals surface area contributed by atoms with Gasteiger partial charge in [-0.3, -0.25) is 5.32 Å². The number of imidazole rings is 1. The highest BCUT2D eigenvalue weighted by atomic mass is 32.1. The normalized spacial score (nSPS) is 12.1. The number of rotatable bonds is 4. The molecule has 2 N–H and O–H groups in total. The second-order valence-electron chi connectivity index (χ2n) is 3.50. The predicted molar refractivity (Wildman–Crippen MR) is 63.8 cm³/mol. The highest BCUT2D eigenvalue weighted by Gasteiger charge is 2.08. The third-order valence-corrected chi connectivity index (χ3v) is 2.61. The van der Waals surface area contributed by atoms with E-state index in [0.29, 0.717) is 11.7 Å². The number of urea groups is 1. The van der Waals surface area contributed by atoms with Gasteiger partial charge in [0.25, 0.3) is 0 Å². The lowest BCUT2D eigenvalue weighted by molar-refractivity contribution is 0.248. The summed E-state index contributed by atoms with van der Waals surface area (Å²) in [6.07, 6.45) is 5.26. The van der Waals surface area contributed by atoms with Crippen molar-refractivity contribution in [2.45, 2.75) is 19.5 Å². The molecule has 0 bridgehead atoms. The Bertz CT molecular complexity index is 454. The van der Waals surface area contributed by atoms with Gasteiger partial charge in [-0.15, -0.1) is 10.2 Å². The Hall–Kier alpha value is -1.96. The molecule has 0 fully saturated rings. The molecule has 1 atom stereocenters. The van der Waals surface area contributed by atoms with Crippen LogP contribution in [0.1, 0.15) is 6.92 Å². The van der Waals surface area contributed by atoms with Crippen LogP contribution in [0.2, 0.25) is 0 Å². The molecule has 0 saturated carbocycles. The van der Waals surface area contributed by atoms with E-state index < -0.39 is 0 Å². The first-order valence-corrected chi connectivity index (χ1v) is 5.91. The second-order valence-corrected chi connectivity index (χ2v) is 4.34. The summed E-state index contributed by atoms with van der Waals surface area (Å²) in [6, 6.07) is -0.286. The van der Waals surface area contributed by atoms with Crippen LogP contribution in [0.3, 0.4) is 0 Å². The molecule has 2 rings (SSSR count). The van der Waals surface area contributed by atoms with Crippen molar-refractivity contribution < 1.29 is 4.79 Å². The fourth-order valence-corrected chi connectivity index (χ4v) is 1.78. The maximum Gasteiger partial charge on any atom is 0.321 e. The minimum atomic E-state index is -0.283. The molecule has 0 aliphatic heterocycles. The number of carbonyl (C=O) groups is 1. The zero-order valence-corrected chi connectivity index (χ0v) is 10.0. The quantitative estimate of drug-likeness (QED) is 0.848. The van der Waals surface area contributed by atoms with E-state index in [9.17, 15) is 4.79 Å². The van der Waals surface area contributed by atoms with Crippen LogP contribution < -0.4 is 10.6 Å². The molecule has 2 heterocycles.